The minimum Gasteiger partial charge on any atom is -0.497 e. The van der Waals surface area contributed by atoms with Crippen molar-refractivity contribution in [2.75, 3.05) is 25.6 Å². The maximum Gasteiger partial charge on any atom is 0.310 e. The first-order chi connectivity index (χ1) is 15.4. The van der Waals surface area contributed by atoms with Crippen LogP contribution in [0, 0.1) is 11.8 Å². The Morgan fingerprint density at radius 3 is 2.62 bits per heavy atom. The Kier molecular flexibility index (Phi) is 6.40. The third kappa shape index (κ3) is 3.46. The summed E-state index contributed by atoms with van der Waals surface area (Å²) in [5.41, 5.74) is 0.597. The molecule has 0 aliphatic carbocycles. The lowest BCUT2D eigenvalue weighted by molar-refractivity contribution is -0.154. The summed E-state index contributed by atoms with van der Waals surface area (Å²) in [7, 11) is 1.57. The second kappa shape index (κ2) is 8.94. The molecule has 9 heteroatoms. The zero-order chi connectivity index (χ0) is 23.0. The Morgan fingerprint density at radius 1 is 1.31 bits per heavy atom. The molecule has 2 unspecified atom stereocenters. The second-order valence-corrected chi connectivity index (χ2v) is 10.1. The molecule has 32 heavy (non-hydrogen) atoms. The molecule has 3 aliphatic rings. The summed E-state index contributed by atoms with van der Waals surface area (Å²) < 4.78 is 9.79. The number of carbonyl (C=O) groups excluding carboxylic acids is 3. The normalized spacial score (nSPS) is 31.4. The Labute approximate surface area is 192 Å². The predicted molar refractivity (Wildman–Crippen MR) is 120 cm³/mol. The van der Waals surface area contributed by atoms with Crippen molar-refractivity contribution in [3.63, 3.8) is 0 Å². The number of likely N-dealkylation sites (tertiary alicyclic amines) is 1. The highest BCUT2D eigenvalue weighted by Crippen LogP contribution is 2.66. The summed E-state index contributed by atoms with van der Waals surface area (Å²) in [6.45, 7) is 3.64. The molecule has 0 radical (unpaired) electrons. The molecule has 2 amide bonds. The Morgan fingerprint density at radius 2 is 2.03 bits per heavy atom. The molecule has 0 saturated carbocycles. The average Bonchev–Trinajstić information content (AvgIpc) is 3.43. The van der Waals surface area contributed by atoms with Crippen molar-refractivity contribution in [2.24, 2.45) is 11.8 Å². The van der Waals surface area contributed by atoms with E-state index in [1.54, 1.807) is 55.0 Å². The molecular weight excluding hydrogens is 432 g/mol. The lowest BCUT2D eigenvalue weighted by Crippen LogP contribution is -2.54. The van der Waals surface area contributed by atoms with Crippen LogP contribution >= 0.6 is 11.8 Å². The van der Waals surface area contributed by atoms with Gasteiger partial charge < -0.3 is 24.8 Å². The summed E-state index contributed by atoms with van der Waals surface area (Å²) in [5.74, 6) is -1.38. The van der Waals surface area contributed by atoms with Crippen LogP contribution in [0.3, 0.4) is 0 Å². The number of ether oxygens (including phenoxy) is 2. The number of nitrogens with zero attached hydrogens (tertiary/aromatic N) is 1. The van der Waals surface area contributed by atoms with Gasteiger partial charge in [0.15, 0.2) is 0 Å². The first-order valence-corrected chi connectivity index (χ1v) is 12.0. The average molecular weight is 463 g/mol. The fourth-order valence-electron chi connectivity index (χ4n) is 5.59. The van der Waals surface area contributed by atoms with E-state index in [2.05, 4.69) is 5.32 Å². The molecular formula is C23H30N2O6S. The molecule has 2 bridgehead atoms. The van der Waals surface area contributed by atoms with Gasteiger partial charge in [0.05, 0.1) is 42.9 Å². The van der Waals surface area contributed by atoms with Gasteiger partial charge in [-0.3, -0.25) is 14.4 Å². The number of nitrogens with one attached hydrogen (secondary N) is 1. The van der Waals surface area contributed by atoms with Crippen LogP contribution in [-0.4, -0.2) is 70.2 Å². The van der Waals surface area contributed by atoms with Gasteiger partial charge in [-0.1, -0.05) is 6.92 Å². The van der Waals surface area contributed by atoms with Crippen LogP contribution in [0.4, 0.5) is 5.69 Å². The van der Waals surface area contributed by atoms with Crippen molar-refractivity contribution in [3.8, 4) is 5.75 Å². The van der Waals surface area contributed by atoms with E-state index < -0.39 is 28.7 Å². The number of carbonyl (C=O) groups is 3. The number of benzene rings is 1. The van der Waals surface area contributed by atoms with Gasteiger partial charge in [-0.05, 0) is 50.5 Å². The molecule has 3 fully saturated rings. The Hall–Kier alpha value is -2.26. The van der Waals surface area contributed by atoms with Gasteiger partial charge in [0.1, 0.15) is 11.8 Å². The smallest absolute Gasteiger partial charge is 0.310 e. The number of hydrogen-bond acceptors (Lipinski definition) is 7. The van der Waals surface area contributed by atoms with Crippen LogP contribution in [0.1, 0.15) is 33.1 Å². The fraction of sp³-hybridized carbons (Fsp3) is 0.609. The highest BCUT2D eigenvalue weighted by Gasteiger charge is 2.74. The number of thioether (sulfide) groups is 1. The van der Waals surface area contributed by atoms with Crippen LogP contribution < -0.4 is 10.1 Å². The van der Waals surface area contributed by atoms with E-state index in [1.165, 1.54) is 0 Å². The fourth-order valence-corrected chi connectivity index (χ4v) is 7.78. The van der Waals surface area contributed by atoms with Gasteiger partial charge in [-0.25, -0.2) is 0 Å². The number of methoxy groups -OCH3 is 1. The Balaban J connectivity index is 1.70. The lowest BCUT2D eigenvalue weighted by atomic mass is 9.71. The van der Waals surface area contributed by atoms with Crippen LogP contribution in [-0.2, 0) is 19.1 Å². The largest absolute Gasteiger partial charge is 0.497 e. The van der Waals surface area contributed by atoms with Crippen molar-refractivity contribution in [2.45, 2.75) is 55.2 Å². The molecule has 3 aliphatic heterocycles. The molecule has 0 aromatic heterocycles. The summed E-state index contributed by atoms with van der Waals surface area (Å²) >= 11 is 1.58. The Bertz CT molecular complexity index is 889. The van der Waals surface area contributed by atoms with Crippen LogP contribution in [0.2, 0.25) is 0 Å². The van der Waals surface area contributed by atoms with E-state index in [4.69, 9.17) is 9.47 Å². The minimum atomic E-state index is -0.770. The number of aliphatic hydroxyl groups is 1. The highest BCUT2D eigenvalue weighted by atomic mass is 32.2. The molecule has 4 rings (SSSR count). The first kappa shape index (κ1) is 22.9. The third-order valence-electron chi connectivity index (χ3n) is 6.98. The van der Waals surface area contributed by atoms with Crippen molar-refractivity contribution < 1.29 is 29.0 Å². The van der Waals surface area contributed by atoms with E-state index in [0.717, 1.165) is 6.42 Å². The standard InChI is InChI=1S/C23H30N2O6S/c1-4-14(12-26)25-19(20(27)24-13-6-8-15(30-3)9-7-13)23-11-10-16(32-23)17(18(23)21(25)28)22(29)31-5-2/h6-9,14,16-19,26H,4-5,10-12H2,1-3H3,(H,24,27)/t14-,16+,17-,18-,19?,23?/m0/s1. The number of amides is 2. The third-order valence-corrected chi connectivity index (χ3v) is 8.93. The molecule has 1 aromatic carbocycles. The van der Waals surface area contributed by atoms with E-state index >= 15 is 0 Å². The van der Waals surface area contributed by atoms with Crippen molar-refractivity contribution in [1.82, 2.24) is 4.90 Å². The highest BCUT2D eigenvalue weighted by molar-refractivity contribution is 8.02. The van der Waals surface area contributed by atoms with E-state index in [-0.39, 0.29) is 36.2 Å². The number of anilines is 1. The second-order valence-electron chi connectivity index (χ2n) is 8.52. The maximum atomic E-state index is 13.7. The van der Waals surface area contributed by atoms with Crippen molar-refractivity contribution >= 4 is 35.2 Å². The van der Waals surface area contributed by atoms with Gasteiger partial charge >= 0.3 is 5.97 Å². The van der Waals surface area contributed by atoms with Gasteiger partial charge in [0.2, 0.25) is 11.8 Å². The van der Waals surface area contributed by atoms with Crippen LogP contribution in [0.15, 0.2) is 24.3 Å². The quantitative estimate of drug-likeness (QED) is 0.570. The summed E-state index contributed by atoms with van der Waals surface area (Å²) in [5, 5.41) is 12.9. The number of rotatable bonds is 8. The first-order valence-electron chi connectivity index (χ1n) is 11.1. The van der Waals surface area contributed by atoms with Gasteiger partial charge in [-0.2, -0.15) is 0 Å². The summed E-state index contributed by atoms with van der Waals surface area (Å²) in [4.78, 5) is 41.7. The molecule has 1 spiro atoms. The van der Waals surface area contributed by atoms with Crippen LogP contribution in [0.25, 0.3) is 0 Å². The van der Waals surface area contributed by atoms with Crippen molar-refractivity contribution in [1.29, 1.82) is 0 Å². The lowest BCUT2D eigenvalue weighted by Gasteiger charge is -2.36. The number of fused-ring (bicyclic) bond motifs is 1. The minimum absolute atomic E-state index is 0.0318. The maximum absolute atomic E-state index is 13.7. The molecule has 3 heterocycles. The number of hydrogen-bond donors (Lipinski definition) is 2. The van der Waals surface area contributed by atoms with E-state index in [1.807, 2.05) is 6.92 Å². The summed E-state index contributed by atoms with van der Waals surface area (Å²) in [6, 6.07) is 5.74. The SMILES string of the molecule is CCOC(=O)[C@@H]1[C@H]2C(=O)N([C@@H](CC)CO)C(C(=O)Nc3ccc(OC)cc3)C23CC[C@H]1S3. The molecule has 174 valence electrons. The number of esters is 1. The van der Waals surface area contributed by atoms with Crippen LogP contribution in [0.5, 0.6) is 5.75 Å². The van der Waals surface area contributed by atoms with Gasteiger partial charge in [0, 0.05) is 10.9 Å². The topological polar surface area (TPSA) is 105 Å². The van der Waals surface area contributed by atoms with Gasteiger partial charge in [0.25, 0.3) is 0 Å². The zero-order valence-electron chi connectivity index (χ0n) is 18.6. The molecule has 3 saturated heterocycles. The monoisotopic (exact) mass is 462 g/mol. The summed E-state index contributed by atoms with van der Waals surface area (Å²) in [6.07, 6.45) is 1.94. The predicted octanol–water partition coefficient (Wildman–Crippen LogP) is 2.06. The molecule has 2 N–H and O–H groups in total. The molecule has 8 nitrogen and oxygen atoms in total. The van der Waals surface area contributed by atoms with E-state index in [0.29, 0.717) is 24.3 Å². The van der Waals surface area contributed by atoms with Crippen molar-refractivity contribution in [3.05, 3.63) is 24.3 Å². The molecule has 6 atom stereocenters. The van der Waals surface area contributed by atoms with Gasteiger partial charge in [-0.15, -0.1) is 11.8 Å². The zero-order valence-corrected chi connectivity index (χ0v) is 19.4. The number of aliphatic hydroxyl groups excluding tert-OH is 1. The van der Waals surface area contributed by atoms with E-state index in [9.17, 15) is 19.5 Å². The molecule has 1 aromatic rings.